The Bertz CT molecular complexity index is 721. The predicted octanol–water partition coefficient (Wildman–Crippen LogP) is 1.91. The van der Waals surface area contributed by atoms with Gasteiger partial charge in [-0.3, -0.25) is 14.3 Å². The maximum atomic E-state index is 13.0. The highest BCUT2D eigenvalue weighted by atomic mass is 16.5. The lowest BCUT2D eigenvalue weighted by Crippen LogP contribution is -2.51. The number of hydrogen-bond donors (Lipinski definition) is 0. The Balaban J connectivity index is 1.36. The number of carbonyl (C=O) groups is 2. The van der Waals surface area contributed by atoms with Gasteiger partial charge in [0.2, 0.25) is 11.8 Å². The van der Waals surface area contributed by atoms with Crippen molar-refractivity contribution in [2.24, 2.45) is 5.92 Å². The lowest BCUT2D eigenvalue weighted by molar-refractivity contribution is -0.140. The van der Waals surface area contributed by atoms with Crippen molar-refractivity contribution in [1.29, 1.82) is 0 Å². The molecule has 0 N–H and O–H groups in total. The molecule has 0 aromatic carbocycles. The van der Waals surface area contributed by atoms with Crippen LogP contribution in [0, 0.1) is 19.8 Å². The molecule has 1 aromatic heterocycles. The highest BCUT2D eigenvalue weighted by Crippen LogP contribution is 2.35. The number of aryl methyl sites for hydroxylation is 3. The van der Waals surface area contributed by atoms with E-state index in [2.05, 4.69) is 10.00 Å². The topological polar surface area (TPSA) is 67.7 Å². The van der Waals surface area contributed by atoms with Gasteiger partial charge in [-0.25, -0.2) is 0 Å². The summed E-state index contributed by atoms with van der Waals surface area (Å²) in [4.78, 5) is 29.8. The van der Waals surface area contributed by atoms with Crippen molar-refractivity contribution in [3.05, 3.63) is 17.5 Å². The second-order valence-electron chi connectivity index (χ2n) is 8.55. The molecule has 0 radical (unpaired) electrons. The third kappa shape index (κ3) is 4.24. The minimum atomic E-state index is 0.161. The molecule has 1 saturated carbocycles. The number of amides is 2. The molecular formula is C21H32N4O3. The first-order valence-corrected chi connectivity index (χ1v) is 10.7. The Hall–Kier alpha value is -1.89. The fourth-order valence-corrected chi connectivity index (χ4v) is 4.62. The first-order valence-electron chi connectivity index (χ1n) is 10.7. The quantitative estimate of drug-likeness (QED) is 0.747. The first-order chi connectivity index (χ1) is 13.5. The fourth-order valence-electron chi connectivity index (χ4n) is 4.62. The number of likely N-dealkylation sites (tertiary alicyclic amines) is 1. The average molecular weight is 389 g/mol. The Labute approximate surface area is 167 Å². The Morgan fingerprint density at radius 3 is 2.54 bits per heavy atom. The SMILES string of the molecule is Cc1cc(C)n(CCC(=O)N2CCC(N(C(=O)C3CC3)C3CCOCC3)C2)n1. The maximum Gasteiger partial charge on any atom is 0.226 e. The van der Waals surface area contributed by atoms with Crippen LogP contribution in [0.2, 0.25) is 0 Å². The van der Waals surface area contributed by atoms with E-state index in [9.17, 15) is 9.59 Å². The molecule has 3 heterocycles. The summed E-state index contributed by atoms with van der Waals surface area (Å²) in [5.74, 6) is 0.702. The van der Waals surface area contributed by atoms with Crippen LogP contribution < -0.4 is 0 Å². The minimum absolute atomic E-state index is 0.161. The molecule has 1 unspecified atom stereocenters. The van der Waals surface area contributed by atoms with Crippen molar-refractivity contribution < 1.29 is 14.3 Å². The molecule has 2 saturated heterocycles. The molecule has 1 atom stereocenters. The van der Waals surface area contributed by atoms with E-state index < -0.39 is 0 Å². The zero-order valence-electron chi connectivity index (χ0n) is 17.1. The van der Waals surface area contributed by atoms with Gasteiger partial charge in [-0.2, -0.15) is 5.10 Å². The van der Waals surface area contributed by atoms with Crippen LogP contribution in [0.15, 0.2) is 6.07 Å². The molecule has 7 nitrogen and oxygen atoms in total. The van der Waals surface area contributed by atoms with Crippen LogP contribution in [0.5, 0.6) is 0 Å². The van der Waals surface area contributed by atoms with Gasteiger partial charge in [0.15, 0.2) is 0 Å². The second-order valence-corrected chi connectivity index (χ2v) is 8.55. The van der Waals surface area contributed by atoms with E-state index in [0.717, 1.165) is 63.3 Å². The van der Waals surface area contributed by atoms with Gasteiger partial charge in [0.25, 0.3) is 0 Å². The van der Waals surface area contributed by atoms with Crippen LogP contribution in [0.25, 0.3) is 0 Å². The largest absolute Gasteiger partial charge is 0.381 e. The molecular weight excluding hydrogens is 356 g/mol. The normalized spacial score (nSPS) is 23.2. The molecule has 3 fully saturated rings. The summed E-state index contributed by atoms with van der Waals surface area (Å²) >= 11 is 0. The summed E-state index contributed by atoms with van der Waals surface area (Å²) < 4.78 is 7.41. The molecule has 0 bridgehead atoms. The summed E-state index contributed by atoms with van der Waals surface area (Å²) in [5.41, 5.74) is 2.07. The summed E-state index contributed by atoms with van der Waals surface area (Å²) in [6.07, 6.45) is 5.23. The summed E-state index contributed by atoms with van der Waals surface area (Å²) in [7, 11) is 0. The maximum absolute atomic E-state index is 13.0. The van der Waals surface area contributed by atoms with E-state index in [-0.39, 0.29) is 23.9 Å². The van der Waals surface area contributed by atoms with Crippen LogP contribution in [-0.4, -0.2) is 69.8 Å². The van der Waals surface area contributed by atoms with Gasteiger partial charge in [0.1, 0.15) is 0 Å². The zero-order chi connectivity index (χ0) is 19.7. The van der Waals surface area contributed by atoms with Crippen molar-refractivity contribution in [2.75, 3.05) is 26.3 Å². The molecule has 1 aromatic rings. The highest BCUT2D eigenvalue weighted by molar-refractivity contribution is 5.82. The standard InChI is InChI=1S/C21H32N4O3/c1-15-13-16(2)24(22-15)10-6-20(26)23-9-5-19(14-23)25(21(27)17-3-4-17)18-7-11-28-12-8-18/h13,17-19H,3-12,14H2,1-2H3. The number of ether oxygens (including phenoxy) is 1. The molecule has 28 heavy (non-hydrogen) atoms. The molecule has 3 aliphatic rings. The van der Waals surface area contributed by atoms with E-state index in [1.807, 2.05) is 29.5 Å². The van der Waals surface area contributed by atoms with E-state index >= 15 is 0 Å². The van der Waals surface area contributed by atoms with Crippen molar-refractivity contribution >= 4 is 11.8 Å². The number of carbonyl (C=O) groups excluding carboxylic acids is 2. The van der Waals surface area contributed by atoms with Crippen LogP contribution in [0.3, 0.4) is 0 Å². The fraction of sp³-hybridized carbons (Fsp3) is 0.762. The third-order valence-electron chi connectivity index (χ3n) is 6.32. The van der Waals surface area contributed by atoms with Crippen molar-refractivity contribution in [3.8, 4) is 0 Å². The zero-order valence-corrected chi connectivity index (χ0v) is 17.1. The van der Waals surface area contributed by atoms with Gasteiger partial charge in [-0.05, 0) is 52.0 Å². The van der Waals surface area contributed by atoms with E-state index in [1.165, 1.54) is 0 Å². The summed E-state index contributed by atoms with van der Waals surface area (Å²) in [6, 6.07) is 2.47. The molecule has 7 heteroatoms. The monoisotopic (exact) mass is 388 g/mol. The van der Waals surface area contributed by atoms with Gasteiger partial charge >= 0.3 is 0 Å². The smallest absolute Gasteiger partial charge is 0.226 e. The highest BCUT2D eigenvalue weighted by Gasteiger charge is 2.42. The molecule has 2 amide bonds. The lowest BCUT2D eigenvalue weighted by Gasteiger charge is -2.38. The van der Waals surface area contributed by atoms with E-state index in [4.69, 9.17) is 4.74 Å². The van der Waals surface area contributed by atoms with Gasteiger partial charge < -0.3 is 14.5 Å². The van der Waals surface area contributed by atoms with Crippen molar-refractivity contribution in [1.82, 2.24) is 19.6 Å². The van der Waals surface area contributed by atoms with E-state index in [1.54, 1.807) is 0 Å². The summed E-state index contributed by atoms with van der Waals surface area (Å²) in [6.45, 7) is 7.49. The molecule has 0 spiro atoms. The van der Waals surface area contributed by atoms with Crippen LogP contribution >= 0.6 is 0 Å². The first kappa shape index (κ1) is 19.4. The number of hydrogen-bond acceptors (Lipinski definition) is 4. The van der Waals surface area contributed by atoms with Gasteiger partial charge in [0.05, 0.1) is 11.7 Å². The van der Waals surface area contributed by atoms with E-state index in [0.29, 0.717) is 25.4 Å². The summed E-state index contributed by atoms with van der Waals surface area (Å²) in [5, 5.41) is 4.44. The lowest BCUT2D eigenvalue weighted by atomic mass is 10.0. The minimum Gasteiger partial charge on any atom is -0.381 e. The van der Waals surface area contributed by atoms with Crippen LogP contribution in [0.1, 0.15) is 49.9 Å². The number of rotatable bonds is 6. The molecule has 1 aliphatic carbocycles. The Kier molecular flexibility index (Phi) is 5.71. The van der Waals surface area contributed by atoms with Gasteiger partial charge in [-0.15, -0.1) is 0 Å². The van der Waals surface area contributed by atoms with Crippen molar-refractivity contribution in [2.45, 2.75) is 71.0 Å². The van der Waals surface area contributed by atoms with Crippen molar-refractivity contribution in [3.63, 3.8) is 0 Å². The third-order valence-corrected chi connectivity index (χ3v) is 6.32. The van der Waals surface area contributed by atoms with Crippen LogP contribution in [0.4, 0.5) is 0 Å². The Morgan fingerprint density at radius 1 is 1.14 bits per heavy atom. The molecule has 2 aliphatic heterocycles. The predicted molar refractivity (Wildman–Crippen MR) is 105 cm³/mol. The Morgan fingerprint density at radius 2 is 1.89 bits per heavy atom. The van der Waals surface area contributed by atoms with Gasteiger partial charge in [0, 0.05) is 56.9 Å². The number of aromatic nitrogens is 2. The van der Waals surface area contributed by atoms with Crippen LogP contribution in [-0.2, 0) is 20.9 Å². The molecule has 154 valence electrons. The average Bonchev–Trinajstić information content (AvgIpc) is 3.35. The van der Waals surface area contributed by atoms with Gasteiger partial charge in [-0.1, -0.05) is 0 Å². The second kappa shape index (κ2) is 8.23. The number of nitrogens with zero attached hydrogens (tertiary/aromatic N) is 4. The molecule has 4 rings (SSSR count).